The molecule has 0 bridgehead atoms. The monoisotopic (exact) mass is 622 g/mol. The van der Waals surface area contributed by atoms with E-state index in [0.717, 1.165) is 38.6 Å². The molecule has 10 rings (SSSR count). The van der Waals surface area contributed by atoms with Crippen LogP contribution in [0.25, 0.3) is 98.8 Å². The third-order valence-electron chi connectivity index (χ3n) is 10.0. The zero-order valence-corrected chi connectivity index (χ0v) is 26.7. The summed E-state index contributed by atoms with van der Waals surface area (Å²) in [5, 5.41) is 9.62. The minimum atomic E-state index is 0.920. The van der Waals surface area contributed by atoms with Crippen molar-refractivity contribution in [1.82, 2.24) is 0 Å². The van der Waals surface area contributed by atoms with Crippen LogP contribution in [0.5, 0.6) is 0 Å². The molecule has 10 aromatic rings. The average Bonchev–Trinajstić information content (AvgIpc) is 3.57. The van der Waals surface area contributed by atoms with Gasteiger partial charge in [0.2, 0.25) is 0 Å². The largest absolute Gasteiger partial charge is 0.455 e. The predicted molar refractivity (Wildman–Crippen MR) is 208 cm³/mol. The topological polar surface area (TPSA) is 13.1 Å². The van der Waals surface area contributed by atoms with Crippen molar-refractivity contribution in [2.45, 2.75) is 0 Å². The molecule has 0 spiro atoms. The molecule has 0 aliphatic rings. The van der Waals surface area contributed by atoms with E-state index in [0.29, 0.717) is 0 Å². The van der Waals surface area contributed by atoms with Crippen molar-refractivity contribution in [3.63, 3.8) is 0 Å². The van der Waals surface area contributed by atoms with E-state index in [9.17, 15) is 0 Å². The summed E-state index contributed by atoms with van der Waals surface area (Å²) in [6.45, 7) is 0. The summed E-state index contributed by atoms with van der Waals surface area (Å²) in [4.78, 5) is 0. The highest BCUT2D eigenvalue weighted by atomic mass is 16.3. The second-order valence-corrected chi connectivity index (χ2v) is 12.8. The van der Waals surface area contributed by atoms with Crippen LogP contribution < -0.4 is 0 Å². The Balaban J connectivity index is 1.24. The normalized spacial score (nSPS) is 11.7. The Morgan fingerprint density at radius 1 is 0.265 bits per heavy atom. The van der Waals surface area contributed by atoms with Crippen LogP contribution in [0.4, 0.5) is 0 Å². The SMILES string of the molecule is c1ccc(-c2ccc3ccc(-c4c5ccccc5c(-c5cccc6c5oc5c(-c7ccccc7)cccc56)c5ccccc45)cc3c2)cc1. The summed E-state index contributed by atoms with van der Waals surface area (Å²) in [5.41, 5.74) is 11.3. The maximum Gasteiger partial charge on any atom is 0.143 e. The molecule has 0 fully saturated rings. The number of fused-ring (bicyclic) bond motifs is 6. The number of hydrogen-bond donors (Lipinski definition) is 0. The van der Waals surface area contributed by atoms with Gasteiger partial charge in [-0.2, -0.15) is 0 Å². The van der Waals surface area contributed by atoms with Crippen LogP contribution >= 0.6 is 0 Å². The van der Waals surface area contributed by atoms with Gasteiger partial charge in [0, 0.05) is 27.5 Å². The lowest BCUT2D eigenvalue weighted by Gasteiger charge is -2.18. The van der Waals surface area contributed by atoms with Crippen molar-refractivity contribution < 1.29 is 4.42 Å². The fourth-order valence-electron chi connectivity index (χ4n) is 7.80. The highest BCUT2D eigenvalue weighted by Crippen LogP contribution is 2.47. The molecule has 9 aromatic carbocycles. The molecule has 49 heavy (non-hydrogen) atoms. The van der Waals surface area contributed by atoms with E-state index in [1.807, 2.05) is 0 Å². The van der Waals surface area contributed by atoms with Crippen LogP contribution in [0, 0.1) is 0 Å². The van der Waals surface area contributed by atoms with Gasteiger partial charge in [0.25, 0.3) is 0 Å². The molecule has 0 saturated heterocycles. The van der Waals surface area contributed by atoms with Gasteiger partial charge in [-0.05, 0) is 72.3 Å². The zero-order chi connectivity index (χ0) is 32.3. The second-order valence-electron chi connectivity index (χ2n) is 12.8. The molecule has 1 heterocycles. The maximum absolute atomic E-state index is 6.93. The Morgan fingerprint density at radius 2 is 0.735 bits per heavy atom. The smallest absolute Gasteiger partial charge is 0.143 e. The number of rotatable bonds is 4. The van der Waals surface area contributed by atoms with Gasteiger partial charge in [-0.25, -0.2) is 0 Å². The van der Waals surface area contributed by atoms with Gasteiger partial charge in [0.1, 0.15) is 11.2 Å². The highest BCUT2D eigenvalue weighted by molar-refractivity contribution is 6.24. The van der Waals surface area contributed by atoms with E-state index in [2.05, 4.69) is 182 Å². The first-order valence-corrected chi connectivity index (χ1v) is 16.8. The number of benzene rings is 9. The van der Waals surface area contributed by atoms with Gasteiger partial charge in [-0.15, -0.1) is 0 Å². The summed E-state index contributed by atoms with van der Waals surface area (Å²) in [6, 6.07) is 65.6. The molecular formula is C48H30O. The van der Waals surface area contributed by atoms with Crippen molar-refractivity contribution in [1.29, 1.82) is 0 Å². The molecule has 0 radical (unpaired) electrons. The molecule has 1 heteroatoms. The van der Waals surface area contributed by atoms with Crippen LogP contribution in [0.2, 0.25) is 0 Å². The van der Waals surface area contributed by atoms with Crippen LogP contribution in [0.1, 0.15) is 0 Å². The van der Waals surface area contributed by atoms with E-state index < -0.39 is 0 Å². The molecule has 0 aliphatic carbocycles. The van der Waals surface area contributed by atoms with Gasteiger partial charge in [0.15, 0.2) is 0 Å². The Bertz CT molecular complexity index is 2800. The van der Waals surface area contributed by atoms with Crippen molar-refractivity contribution in [3.05, 3.63) is 182 Å². The summed E-state index contributed by atoms with van der Waals surface area (Å²) < 4.78 is 6.93. The molecular weight excluding hydrogens is 593 g/mol. The minimum absolute atomic E-state index is 0.920. The summed E-state index contributed by atoms with van der Waals surface area (Å²) >= 11 is 0. The molecule has 0 atom stereocenters. The van der Waals surface area contributed by atoms with Crippen LogP contribution in [0.15, 0.2) is 186 Å². The summed E-state index contributed by atoms with van der Waals surface area (Å²) in [7, 11) is 0. The van der Waals surface area contributed by atoms with Crippen molar-refractivity contribution >= 4 is 54.3 Å². The number of hydrogen-bond acceptors (Lipinski definition) is 1. The Morgan fingerprint density at radius 3 is 1.37 bits per heavy atom. The molecule has 0 N–H and O–H groups in total. The minimum Gasteiger partial charge on any atom is -0.455 e. The van der Waals surface area contributed by atoms with Crippen molar-refractivity contribution in [2.24, 2.45) is 0 Å². The highest BCUT2D eigenvalue weighted by Gasteiger charge is 2.21. The van der Waals surface area contributed by atoms with Gasteiger partial charge in [-0.1, -0.05) is 170 Å². The van der Waals surface area contributed by atoms with Gasteiger partial charge in [0.05, 0.1) is 0 Å². The first kappa shape index (κ1) is 27.7. The lowest BCUT2D eigenvalue weighted by molar-refractivity contribution is 0.671. The number of para-hydroxylation sites is 2. The summed E-state index contributed by atoms with van der Waals surface area (Å²) in [6.07, 6.45) is 0. The van der Waals surface area contributed by atoms with E-state index in [1.165, 1.54) is 60.1 Å². The van der Waals surface area contributed by atoms with E-state index >= 15 is 0 Å². The Hall–Kier alpha value is -6.44. The molecule has 1 nitrogen and oxygen atoms in total. The molecule has 0 unspecified atom stereocenters. The van der Waals surface area contributed by atoms with Crippen LogP contribution in [0.3, 0.4) is 0 Å². The van der Waals surface area contributed by atoms with Crippen LogP contribution in [-0.4, -0.2) is 0 Å². The first-order chi connectivity index (χ1) is 24.3. The fraction of sp³-hybridized carbons (Fsp3) is 0. The first-order valence-electron chi connectivity index (χ1n) is 16.8. The lowest BCUT2D eigenvalue weighted by Crippen LogP contribution is -1.91. The Kier molecular flexibility index (Phi) is 6.25. The fourth-order valence-corrected chi connectivity index (χ4v) is 7.80. The van der Waals surface area contributed by atoms with Gasteiger partial charge in [-0.3, -0.25) is 0 Å². The molecule has 0 aliphatic heterocycles. The van der Waals surface area contributed by atoms with Crippen LogP contribution in [-0.2, 0) is 0 Å². The second kappa shape index (κ2) is 11.1. The van der Waals surface area contributed by atoms with Gasteiger partial charge >= 0.3 is 0 Å². The van der Waals surface area contributed by atoms with Crippen molar-refractivity contribution in [3.8, 4) is 44.5 Å². The third-order valence-corrected chi connectivity index (χ3v) is 10.0. The number of furan rings is 1. The quantitative estimate of drug-likeness (QED) is 0.178. The average molecular weight is 623 g/mol. The molecule has 228 valence electrons. The predicted octanol–water partition coefficient (Wildman–Crippen LogP) is 13.7. The van der Waals surface area contributed by atoms with Crippen molar-refractivity contribution in [2.75, 3.05) is 0 Å². The maximum atomic E-state index is 6.93. The summed E-state index contributed by atoms with van der Waals surface area (Å²) in [5.74, 6) is 0. The third kappa shape index (κ3) is 4.40. The van der Waals surface area contributed by atoms with Gasteiger partial charge < -0.3 is 4.42 Å². The zero-order valence-electron chi connectivity index (χ0n) is 26.7. The molecule has 0 amide bonds. The lowest BCUT2D eigenvalue weighted by atomic mass is 9.85. The Labute approximate surface area is 284 Å². The van der Waals surface area contributed by atoms with E-state index in [4.69, 9.17) is 4.42 Å². The molecule has 0 saturated carbocycles. The van der Waals surface area contributed by atoms with E-state index in [-0.39, 0.29) is 0 Å². The molecule has 1 aromatic heterocycles. The van der Waals surface area contributed by atoms with E-state index in [1.54, 1.807) is 0 Å². The standard InChI is InChI=1S/C48H30O/c1-3-13-31(14-4-1)34-27-25-32-26-28-35(30-36(32)29-34)45-38-17-7-9-19-40(38)46(41-20-10-8-18-39(41)45)44-24-12-23-43-42-22-11-21-37(47(42)49-48(43)44)33-15-5-2-6-16-33/h1-30H.